The Morgan fingerprint density at radius 1 is 1.48 bits per heavy atom. The van der Waals surface area contributed by atoms with Crippen molar-refractivity contribution in [2.75, 3.05) is 13.7 Å². The number of aromatic hydroxyl groups is 1. The lowest BCUT2D eigenvalue weighted by Crippen LogP contribution is -2.18. The summed E-state index contributed by atoms with van der Waals surface area (Å²) in [7, 11) is 1.36. The van der Waals surface area contributed by atoms with Crippen LogP contribution in [0.2, 0.25) is 0 Å². The fourth-order valence-electron chi connectivity index (χ4n) is 2.73. The standard InChI is InChI=1S/C17H20N2O4/c1-22-17(21)9-12-5-6-15(20)14(8-12)13-10-18-19(11-13)16-4-2-3-7-23-16/h5-6,8,10-11,16,20H,2-4,7,9H2,1H3. The van der Waals surface area contributed by atoms with Crippen molar-refractivity contribution in [3.8, 4) is 16.9 Å². The van der Waals surface area contributed by atoms with E-state index in [0.29, 0.717) is 5.56 Å². The molecule has 1 N–H and O–H groups in total. The van der Waals surface area contributed by atoms with Crippen molar-refractivity contribution in [1.29, 1.82) is 0 Å². The molecule has 1 fully saturated rings. The van der Waals surface area contributed by atoms with Gasteiger partial charge in [-0.05, 0) is 37.0 Å². The molecule has 1 aromatic carbocycles. The van der Waals surface area contributed by atoms with Crippen LogP contribution in [-0.2, 0) is 20.7 Å². The third-order valence-electron chi connectivity index (χ3n) is 4.00. The lowest BCUT2D eigenvalue weighted by molar-refractivity contribution is -0.139. The van der Waals surface area contributed by atoms with Crippen LogP contribution < -0.4 is 0 Å². The maximum Gasteiger partial charge on any atom is 0.309 e. The highest BCUT2D eigenvalue weighted by Gasteiger charge is 2.18. The van der Waals surface area contributed by atoms with E-state index < -0.39 is 0 Å². The Morgan fingerprint density at radius 2 is 2.35 bits per heavy atom. The first-order valence-corrected chi connectivity index (χ1v) is 7.72. The molecular formula is C17H20N2O4. The minimum atomic E-state index is -0.312. The second-order valence-corrected chi connectivity index (χ2v) is 5.63. The predicted molar refractivity (Wildman–Crippen MR) is 83.9 cm³/mol. The first-order valence-electron chi connectivity index (χ1n) is 7.72. The maximum atomic E-state index is 11.4. The summed E-state index contributed by atoms with van der Waals surface area (Å²) < 4.78 is 12.2. The van der Waals surface area contributed by atoms with Gasteiger partial charge in [0.2, 0.25) is 0 Å². The van der Waals surface area contributed by atoms with E-state index in [1.807, 2.05) is 6.20 Å². The SMILES string of the molecule is COC(=O)Cc1ccc(O)c(-c2cnn(C3CCCCO3)c2)c1. The average molecular weight is 316 g/mol. The van der Waals surface area contributed by atoms with Gasteiger partial charge in [-0.3, -0.25) is 4.79 Å². The topological polar surface area (TPSA) is 73.6 Å². The van der Waals surface area contributed by atoms with Crippen molar-refractivity contribution in [2.45, 2.75) is 31.9 Å². The number of phenolic OH excluding ortho intramolecular Hbond substituents is 1. The first kappa shape index (κ1) is 15.6. The molecule has 1 saturated heterocycles. The lowest BCUT2D eigenvalue weighted by Gasteiger charge is -2.22. The number of ether oxygens (including phenoxy) is 2. The molecule has 0 amide bonds. The van der Waals surface area contributed by atoms with Gasteiger partial charge in [0.15, 0.2) is 0 Å². The molecule has 0 aliphatic carbocycles. The number of hydrogen-bond acceptors (Lipinski definition) is 5. The van der Waals surface area contributed by atoms with Crippen LogP contribution in [0.5, 0.6) is 5.75 Å². The number of carbonyl (C=O) groups is 1. The van der Waals surface area contributed by atoms with Gasteiger partial charge in [0.25, 0.3) is 0 Å². The molecule has 0 radical (unpaired) electrons. The van der Waals surface area contributed by atoms with Crippen LogP contribution in [0.25, 0.3) is 11.1 Å². The van der Waals surface area contributed by atoms with Crippen molar-refractivity contribution >= 4 is 5.97 Å². The molecule has 23 heavy (non-hydrogen) atoms. The lowest BCUT2D eigenvalue weighted by atomic mass is 10.0. The van der Waals surface area contributed by atoms with Crippen molar-refractivity contribution < 1.29 is 19.4 Å². The molecule has 1 unspecified atom stereocenters. The van der Waals surface area contributed by atoms with Crippen molar-refractivity contribution in [1.82, 2.24) is 9.78 Å². The molecule has 3 rings (SSSR count). The van der Waals surface area contributed by atoms with Gasteiger partial charge in [0, 0.05) is 23.9 Å². The number of nitrogens with zero attached hydrogens (tertiary/aromatic N) is 2. The molecule has 1 atom stereocenters. The molecule has 6 heteroatoms. The van der Waals surface area contributed by atoms with E-state index in [0.717, 1.165) is 37.0 Å². The van der Waals surface area contributed by atoms with Gasteiger partial charge in [-0.2, -0.15) is 5.10 Å². The predicted octanol–water partition coefficient (Wildman–Crippen LogP) is 2.67. The minimum absolute atomic E-state index is 0.0436. The van der Waals surface area contributed by atoms with Gasteiger partial charge in [0.1, 0.15) is 12.0 Å². The number of methoxy groups -OCH3 is 1. The molecular weight excluding hydrogens is 296 g/mol. The summed E-state index contributed by atoms with van der Waals surface area (Å²) in [5.74, 6) is -0.157. The van der Waals surface area contributed by atoms with Crippen molar-refractivity contribution in [3.63, 3.8) is 0 Å². The molecule has 1 aliphatic rings. The number of hydrogen-bond donors (Lipinski definition) is 1. The zero-order chi connectivity index (χ0) is 16.2. The average Bonchev–Trinajstić information content (AvgIpc) is 3.07. The van der Waals surface area contributed by atoms with Crippen LogP contribution in [0.4, 0.5) is 0 Å². The zero-order valence-electron chi connectivity index (χ0n) is 13.1. The van der Waals surface area contributed by atoms with Crippen molar-refractivity contribution in [2.24, 2.45) is 0 Å². The van der Waals surface area contributed by atoms with E-state index in [2.05, 4.69) is 9.84 Å². The van der Waals surface area contributed by atoms with Crippen molar-refractivity contribution in [3.05, 3.63) is 36.2 Å². The van der Waals surface area contributed by atoms with Gasteiger partial charge in [-0.15, -0.1) is 0 Å². The summed E-state index contributed by atoms with van der Waals surface area (Å²) in [4.78, 5) is 11.4. The van der Waals surface area contributed by atoms with E-state index in [9.17, 15) is 9.90 Å². The Bertz CT molecular complexity index is 690. The number of carbonyl (C=O) groups excluding carboxylic acids is 1. The summed E-state index contributed by atoms with van der Waals surface area (Å²) in [6, 6.07) is 5.09. The monoisotopic (exact) mass is 316 g/mol. The maximum absolute atomic E-state index is 11.4. The molecule has 122 valence electrons. The van der Waals surface area contributed by atoms with Crippen LogP contribution in [0, 0.1) is 0 Å². The Kier molecular flexibility index (Phi) is 4.62. The quantitative estimate of drug-likeness (QED) is 0.878. The normalized spacial score (nSPS) is 17.9. The zero-order valence-corrected chi connectivity index (χ0v) is 13.1. The van der Waals surface area contributed by atoms with Crippen LogP contribution in [0.3, 0.4) is 0 Å². The number of phenols is 1. The van der Waals surface area contributed by atoms with Gasteiger partial charge in [0.05, 0.1) is 19.7 Å². The van der Waals surface area contributed by atoms with Crippen LogP contribution in [-0.4, -0.2) is 34.6 Å². The summed E-state index contributed by atoms with van der Waals surface area (Å²) in [5.41, 5.74) is 2.23. The third kappa shape index (κ3) is 3.53. The van der Waals surface area contributed by atoms with Crippen LogP contribution >= 0.6 is 0 Å². The van der Waals surface area contributed by atoms with Gasteiger partial charge >= 0.3 is 5.97 Å². The Balaban J connectivity index is 1.84. The fourth-order valence-corrected chi connectivity index (χ4v) is 2.73. The van der Waals surface area contributed by atoms with E-state index >= 15 is 0 Å². The molecule has 2 aromatic rings. The summed E-state index contributed by atoms with van der Waals surface area (Å²) in [5, 5.41) is 14.5. The minimum Gasteiger partial charge on any atom is -0.507 e. The second-order valence-electron chi connectivity index (χ2n) is 5.63. The molecule has 2 heterocycles. The van der Waals surface area contributed by atoms with Crippen LogP contribution in [0.15, 0.2) is 30.6 Å². The van der Waals surface area contributed by atoms with E-state index in [4.69, 9.17) is 4.74 Å². The van der Waals surface area contributed by atoms with Gasteiger partial charge in [-0.25, -0.2) is 4.68 Å². The van der Waals surface area contributed by atoms with Crippen LogP contribution in [0.1, 0.15) is 31.1 Å². The van der Waals surface area contributed by atoms with E-state index in [1.165, 1.54) is 7.11 Å². The smallest absolute Gasteiger partial charge is 0.309 e. The van der Waals surface area contributed by atoms with Gasteiger partial charge in [-0.1, -0.05) is 6.07 Å². The van der Waals surface area contributed by atoms with E-state index in [1.54, 1.807) is 29.1 Å². The number of aromatic nitrogens is 2. The summed E-state index contributed by atoms with van der Waals surface area (Å²) in [6.45, 7) is 0.750. The summed E-state index contributed by atoms with van der Waals surface area (Å²) >= 11 is 0. The highest BCUT2D eigenvalue weighted by Crippen LogP contribution is 2.31. The largest absolute Gasteiger partial charge is 0.507 e. The Hall–Kier alpha value is -2.34. The molecule has 1 aromatic heterocycles. The fraction of sp³-hybridized carbons (Fsp3) is 0.412. The highest BCUT2D eigenvalue weighted by atomic mass is 16.5. The molecule has 6 nitrogen and oxygen atoms in total. The molecule has 0 saturated carbocycles. The third-order valence-corrected chi connectivity index (χ3v) is 4.00. The number of benzene rings is 1. The molecule has 0 spiro atoms. The molecule has 0 bridgehead atoms. The summed E-state index contributed by atoms with van der Waals surface area (Å²) in [6.07, 6.45) is 6.85. The second kappa shape index (κ2) is 6.83. The first-order chi connectivity index (χ1) is 11.2. The van der Waals surface area contributed by atoms with Gasteiger partial charge < -0.3 is 14.6 Å². The molecule has 1 aliphatic heterocycles. The number of esters is 1. The Labute approximate surface area is 134 Å². The van der Waals surface area contributed by atoms with E-state index in [-0.39, 0.29) is 24.4 Å². The number of rotatable bonds is 4. The highest BCUT2D eigenvalue weighted by molar-refractivity contribution is 5.75. The Morgan fingerprint density at radius 3 is 3.09 bits per heavy atom.